The lowest BCUT2D eigenvalue weighted by Gasteiger charge is -2.15. The number of nitrogens with one attached hydrogen (secondary N) is 1. The summed E-state index contributed by atoms with van der Waals surface area (Å²) in [5.41, 5.74) is 6.03. The number of benzene rings is 3. The number of rotatable bonds is 8. The Morgan fingerprint density at radius 3 is 2.68 bits per heavy atom. The zero-order valence-electron chi connectivity index (χ0n) is 17.2. The third-order valence-corrected chi connectivity index (χ3v) is 5.47. The van der Waals surface area contributed by atoms with E-state index in [1.807, 2.05) is 37.3 Å². The Bertz CT molecular complexity index is 1100. The summed E-state index contributed by atoms with van der Waals surface area (Å²) < 4.78 is 12.8. The summed E-state index contributed by atoms with van der Waals surface area (Å²) in [6, 6.07) is 18.6. The Balaban J connectivity index is 1.73. The van der Waals surface area contributed by atoms with Gasteiger partial charge in [-0.3, -0.25) is 4.79 Å². The highest BCUT2D eigenvalue weighted by atomic mass is 127. The second kappa shape index (κ2) is 11.2. The fraction of sp³-hybridized carbons (Fsp3) is 0.167. The first-order chi connectivity index (χ1) is 15.0. The first-order valence-electron chi connectivity index (χ1n) is 9.70. The van der Waals surface area contributed by atoms with Gasteiger partial charge in [0.25, 0.3) is 5.91 Å². The lowest BCUT2D eigenvalue weighted by Crippen LogP contribution is -2.17. The number of hydrogen-bond donors (Lipinski definition) is 1. The van der Waals surface area contributed by atoms with Crippen molar-refractivity contribution in [1.82, 2.24) is 5.43 Å². The molecular weight excluding hydrogens is 527 g/mol. The van der Waals surface area contributed by atoms with Gasteiger partial charge in [0, 0.05) is 10.6 Å². The summed E-state index contributed by atoms with van der Waals surface area (Å²) in [6.07, 6.45) is 1.57. The van der Waals surface area contributed by atoms with Crippen LogP contribution in [0.4, 0.5) is 0 Å². The topological polar surface area (TPSA) is 59.9 Å². The number of ether oxygens (including phenoxy) is 2. The molecule has 1 amide bonds. The minimum atomic E-state index is -0.336. The molecule has 3 rings (SSSR count). The highest BCUT2D eigenvalue weighted by Crippen LogP contribution is 2.34. The first-order valence-corrected chi connectivity index (χ1v) is 11.2. The van der Waals surface area contributed by atoms with E-state index in [1.165, 1.54) is 5.56 Å². The van der Waals surface area contributed by atoms with Crippen molar-refractivity contribution in [3.05, 3.63) is 91.5 Å². The van der Waals surface area contributed by atoms with Crippen LogP contribution in [0.3, 0.4) is 0 Å². The van der Waals surface area contributed by atoms with E-state index in [-0.39, 0.29) is 5.91 Å². The van der Waals surface area contributed by atoms with Gasteiger partial charge in [0.2, 0.25) is 0 Å². The number of nitrogens with zero attached hydrogens (tertiary/aromatic N) is 1. The molecule has 0 aliphatic rings. The summed E-state index contributed by atoms with van der Waals surface area (Å²) in [4.78, 5) is 12.2. The largest absolute Gasteiger partial charge is 0.490 e. The average Bonchev–Trinajstić information content (AvgIpc) is 2.74. The van der Waals surface area contributed by atoms with E-state index in [1.54, 1.807) is 30.5 Å². The maximum Gasteiger partial charge on any atom is 0.271 e. The van der Waals surface area contributed by atoms with Gasteiger partial charge in [-0.1, -0.05) is 41.9 Å². The van der Waals surface area contributed by atoms with Gasteiger partial charge in [-0.15, -0.1) is 0 Å². The van der Waals surface area contributed by atoms with Gasteiger partial charge in [-0.05, 0) is 83.5 Å². The highest BCUT2D eigenvalue weighted by Gasteiger charge is 2.13. The zero-order chi connectivity index (χ0) is 22.2. The second-order valence-electron chi connectivity index (χ2n) is 6.69. The number of carbonyl (C=O) groups excluding carboxylic acids is 1. The van der Waals surface area contributed by atoms with Crippen molar-refractivity contribution in [2.45, 2.75) is 20.5 Å². The van der Waals surface area contributed by atoms with Gasteiger partial charge in [-0.2, -0.15) is 5.10 Å². The molecule has 0 saturated heterocycles. The molecule has 160 valence electrons. The monoisotopic (exact) mass is 548 g/mol. The lowest BCUT2D eigenvalue weighted by atomic mass is 10.1. The first kappa shape index (κ1) is 23.1. The third-order valence-electron chi connectivity index (χ3n) is 4.43. The van der Waals surface area contributed by atoms with Gasteiger partial charge in [0.15, 0.2) is 11.5 Å². The molecule has 0 heterocycles. The molecule has 31 heavy (non-hydrogen) atoms. The summed E-state index contributed by atoms with van der Waals surface area (Å²) in [7, 11) is 0. The Morgan fingerprint density at radius 2 is 1.94 bits per heavy atom. The number of hydrazone groups is 1. The van der Waals surface area contributed by atoms with Crippen LogP contribution in [0.15, 0.2) is 65.8 Å². The molecular formula is C24H22ClIN2O3. The number of carbonyl (C=O) groups is 1. The zero-order valence-corrected chi connectivity index (χ0v) is 20.1. The molecule has 3 aromatic carbocycles. The SMILES string of the molecule is CCOc1cc(/C=N\NC(=O)c2cccc(Cl)c2)cc(I)c1OCc1ccccc1C. The fourth-order valence-electron chi connectivity index (χ4n) is 2.85. The van der Waals surface area contributed by atoms with Crippen molar-refractivity contribution in [3.63, 3.8) is 0 Å². The van der Waals surface area contributed by atoms with Crippen molar-refractivity contribution >= 4 is 46.3 Å². The molecule has 0 fully saturated rings. The minimum Gasteiger partial charge on any atom is -0.490 e. The molecule has 0 spiro atoms. The smallest absolute Gasteiger partial charge is 0.271 e. The van der Waals surface area contributed by atoms with Crippen LogP contribution in [0.5, 0.6) is 11.5 Å². The normalized spacial score (nSPS) is 10.8. The summed E-state index contributed by atoms with van der Waals surface area (Å²) in [5, 5.41) is 4.55. The maximum atomic E-state index is 12.2. The predicted octanol–water partition coefficient (Wildman–Crippen LogP) is 5.99. The van der Waals surface area contributed by atoms with E-state index >= 15 is 0 Å². The van der Waals surface area contributed by atoms with Gasteiger partial charge in [0.05, 0.1) is 16.4 Å². The molecule has 1 N–H and O–H groups in total. The number of aryl methyl sites for hydroxylation is 1. The van der Waals surface area contributed by atoms with Crippen LogP contribution in [0.25, 0.3) is 0 Å². The van der Waals surface area contributed by atoms with E-state index in [2.05, 4.69) is 46.1 Å². The average molecular weight is 549 g/mol. The third kappa shape index (κ3) is 6.45. The lowest BCUT2D eigenvalue weighted by molar-refractivity contribution is 0.0955. The molecule has 0 atom stereocenters. The molecule has 0 unspecified atom stereocenters. The Morgan fingerprint density at radius 1 is 1.13 bits per heavy atom. The second-order valence-corrected chi connectivity index (χ2v) is 8.29. The van der Waals surface area contributed by atoms with E-state index in [0.717, 1.165) is 14.7 Å². The molecule has 7 heteroatoms. The van der Waals surface area contributed by atoms with Gasteiger partial charge >= 0.3 is 0 Å². The Labute approximate surface area is 200 Å². The molecule has 3 aromatic rings. The van der Waals surface area contributed by atoms with Gasteiger partial charge in [-0.25, -0.2) is 5.43 Å². The number of amides is 1. The molecule has 5 nitrogen and oxygen atoms in total. The Hall–Kier alpha value is -2.58. The molecule has 0 saturated carbocycles. The van der Waals surface area contributed by atoms with Crippen molar-refractivity contribution in [1.29, 1.82) is 0 Å². The summed E-state index contributed by atoms with van der Waals surface area (Å²) in [5.74, 6) is 0.980. The van der Waals surface area contributed by atoms with E-state index in [9.17, 15) is 4.79 Å². The minimum absolute atomic E-state index is 0.336. The number of hydrogen-bond acceptors (Lipinski definition) is 4. The highest BCUT2D eigenvalue weighted by molar-refractivity contribution is 14.1. The summed E-state index contributed by atoms with van der Waals surface area (Å²) >= 11 is 8.14. The van der Waals surface area contributed by atoms with Crippen molar-refractivity contribution < 1.29 is 14.3 Å². The molecule has 0 bridgehead atoms. The van der Waals surface area contributed by atoms with Crippen LogP contribution in [0.1, 0.15) is 34.0 Å². The van der Waals surface area contributed by atoms with E-state index in [4.69, 9.17) is 21.1 Å². The van der Waals surface area contributed by atoms with Gasteiger partial charge < -0.3 is 9.47 Å². The standard InChI is InChI=1S/C24H22ClIN2O3/c1-3-30-22-12-17(14-27-28-24(29)18-9-6-10-20(25)13-18)11-21(26)23(22)31-15-19-8-5-4-7-16(19)2/h4-14H,3,15H2,1-2H3,(H,28,29)/b27-14-. The van der Waals surface area contributed by atoms with Crippen LogP contribution in [-0.4, -0.2) is 18.7 Å². The molecule has 0 radical (unpaired) electrons. The van der Waals surface area contributed by atoms with Crippen LogP contribution in [0, 0.1) is 10.5 Å². The van der Waals surface area contributed by atoms with Crippen molar-refractivity contribution in [2.24, 2.45) is 5.10 Å². The van der Waals surface area contributed by atoms with Crippen LogP contribution in [-0.2, 0) is 6.61 Å². The fourth-order valence-corrected chi connectivity index (χ4v) is 3.82. The molecule has 0 aromatic heterocycles. The number of halogens is 2. The molecule has 0 aliphatic heterocycles. The van der Waals surface area contributed by atoms with Crippen LogP contribution in [0.2, 0.25) is 5.02 Å². The quantitative estimate of drug-likeness (QED) is 0.214. The van der Waals surface area contributed by atoms with E-state index in [0.29, 0.717) is 35.3 Å². The van der Waals surface area contributed by atoms with Crippen molar-refractivity contribution in [2.75, 3.05) is 6.61 Å². The predicted molar refractivity (Wildman–Crippen MR) is 132 cm³/mol. The van der Waals surface area contributed by atoms with Crippen LogP contribution >= 0.6 is 34.2 Å². The molecule has 0 aliphatic carbocycles. The van der Waals surface area contributed by atoms with E-state index < -0.39 is 0 Å². The summed E-state index contributed by atoms with van der Waals surface area (Å²) in [6.45, 7) is 4.93. The van der Waals surface area contributed by atoms with Crippen LogP contribution < -0.4 is 14.9 Å². The maximum absolute atomic E-state index is 12.2. The van der Waals surface area contributed by atoms with Gasteiger partial charge in [0.1, 0.15) is 6.61 Å². The van der Waals surface area contributed by atoms with Crippen molar-refractivity contribution in [3.8, 4) is 11.5 Å². The Kier molecular flexibility index (Phi) is 8.31.